The number of fused-ring (bicyclic) bond motifs is 3. The molecule has 4 fully saturated rings. The van der Waals surface area contributed by atoms with E-state index in [1.54, 1.807) is 18.9 Å². The van der Waals surface area contributed by atoms with Gasteiger partial charge < -0.3 is 24.3 Å². The molecule has 5 heterocycles. The number of nitrogens with one attached hydrogen (secondary N) is 2. The van der Waals surface area contributed by atoms with Crippen molar-refractivity contribution in [3.63, 3.8) is 0 Å². The number of rotatable bonds is 3. The van der Waals surface area contributed by atoms with Crippen molar-refractivity contribution in [3.8, 4) is 5.75 Å². The Bertz CT molecular complexity index is 1390. The lowest BCUT2D eigenvalue weighted by molar-refractivity contribution is -0.157. The summed E-state index contributed by atoms with van der Waals surface area (Å²) < 4.78 is 56.3. The van der Waals surface area contributed by atoms with E-state index in [0.29, 0.717) is 43.3 Å². The number of sulfonamides is 1. The number of hydrogen-bond acceptors (Lipinski definition) is 6. The quantitative estimate of drug-likeness (QED) is 0.622. The Labute approximate surface area is 214 Å². The molecular weight excluding hydrogens is 503 g/mol. The van der Waals surface area contributed by atoms with Gasteiger partial charge in [-0.05, 0) is 55.9 Å². The first-order chi connectivity index (χ1) is 17.6. The van der Waals surface area contributed by atoms with E-state index >= 15 is 0 Å². The summed E-state index contributed by atoms with van der Waals surface area (Å²) in [5.74, 6) is -0.900. The first-order valence-corrected chi connectivity index (χ1v) is 13.9. The standard InChI is InChI=1S/C25H29FN4O6S/c1-14-7-17(3-4-18(14)26)27-23(31)21-22-20(11-29(21)2)37(33,34)28-19-5-6-30(10-16(19)13-35-22)24(32)25-8-15(9-25)12-36-25/h3-4,7,11,15-16,19,28H,5-6,8-10,12-13H2,1-2H3,(H,27,31)/t15?,16-,19+,25?/m0/s1. The van der Waals surface area contributed by atoms with Crippen LogP contribution in [0.5, 0.6) is 5.75 Å². The summed E-state index contributed by atoms with van der Waals surface area (Å²) in [4.78, 5) is 28.1. The lowest BCUT2D eigenvalue weighted by atomic mass is 9.73. The molecule has 2 atom stereocenters. The summed E-state index contributed by atoms with van der Waals surface area (Å²) in [6.45, 7) is 3.10. The number of benzene rings is 1. The monoisotopic (exact) mass is 532 g/mol. The maximum atomic E-state index is 13.7. The SMILES string of the molecule is Cc1cc(NC(=O)c2c3c(cn2C)S(=O)(=O)N[C@@H]2CCN(C(=O)C45CC(CO4)C5)C[C@H]2CO3)ccc1F. The van der Waals surface area contributed by atoms with Crippen LogP contribution in [0.4, 0.5) is 10.1 Å². The van der Waals surface area contributed by atoms with Crippen molar-refractivity contribution in [1.29, 1.82) is 0 Å². The van der Waals surface area contributed by atoms with E-state index in [2.05, 4.69) is 10.0 Å². The van der Waals surface area contributed by atoms with Crippen LogP contribution in [0.1, 0.15) is 35.3 Å². The molecule has 12 heteroatoms. The molecule has 1 aliphatic carbocycles. The molecule has 10 nitrogen and oxygen atoms in total. The van der Waals surface area contributed by atoms with Crippen molar-refractivity contribution in [1.82, 2.24) is 14.2 Å². The minimum absolute atomic E-state index is 0.0281. The zero-order chi connectivity index (χ0) is 26.1. The van der Waals surface area contributed by atoms with Crippen molar-refractivity contribution in [3.05, 3.63) is 41.5 Å². The molecule has 2 bridgehead atoms. The molecule has 2 aromatic rings. The molecule has 5 aliphatic rings. The number of anilines is 1. The number of likely N-dealkylation sites (tertiary alicyclic amines) is 1. The Morgan fingerprint density at radius 3 is 2.73 bits per heavy atom. The van der Waals surface area contributed by atoms with Gasteiger partial charge in [-0.3, -0.25) is 9.59 Å². The van der Waals surface area contributed by atoms with Crippen molar-refractivity contribution >= 4 is 27.5 Å². The summed E-state index contributed by atoms with van der Waals surface area (Å²) in [7, 11) is -2.44. The molecule has 7 rings (SSSR count). The molecule has 1 aromatic carbocycles. The zero-order valence-corrected chi connectivity index (χ0v) is 21.4. The van der Waals surface area contributed by atoms with Crippen LogP contribution < -0.4 is 14.8 Å². The summed E-state index contributed by atoms with van der Waals surface area (Å²) in [5, 5.41) is 2.70. The largest absolute Gasteiger partial charge is 0.489 e. The number of aromatic nitrogens is 1. The fourth-order valence-corrected chi connectivity index (χ4v) is 7.52. The van der Waals surface area contributed by atoms with E-state index < -0.39 is 33.4 Å². The first kappa shape index (κ1) is 24.4. The summed E-state index contributed by atoms with van der Waals surface area (Å²) >= 11 is 0. The van der Waals surface area contributed by atoms with Crippen LogP contribution in [-0.4, -0.2) is 67.6 Å². The molecule has 37 heavy (non-hydrogen) atoms. The van der Waals surface area contributed by atoms with Gasteiger partial charge in [0.1, 0.15) is 16.3 Å². The van der Waals surface area contributed by atoms with Crippen molar-refractivity contribution in [2.24, 2.45) is 18.9 Å². The number of halogens is 1. The van der Waals surface area contributed by atoms with Crippen LogP contribution in [0.15, 0.2) is 29.3 Å². The second kappa shape index (κ2) is 8.53. The highest BCUT2D eigenvalue weighted by Gasteiger charge is 2.59. The van der Waals surface area contributed by atoms with E-state index in [1.807, 2.05) is 0 Å². The second-order valence-electron chi connectivity index (χ2n) is 10.6. The van der Waals surface area contributed by atoms with Gasteiger partial charge in [0.25, 0.3) is 11.8 Å². The van der Waals surface area contributed by atoms with E-state index in [-0.39, 0.29) is 34.8 Å². The number of piperidine rings is 1. The zero-order valence-electron chi connectivity index (χ0n) is 20.6. The van der Waals surface area contributed by atoms with E-state index in [0.717, 1.165) is 12.8 Å². The lowest BCUT2D eigenvalue weighted by Gasteiger charge is -2.44. The Morgan fingerprint density at radius 2 is 2.03 bits per heavy atom. The van der Waals surface area contributed by atoms with Crippen LogP contribution in [0.2, 0.25) is 0 Å². The van der Waals surface area contributed by atoms with Gasteiger partial charge in [-0.2, -0.15) is 0 Å². The van der Waals surface area contributed by atoms with E-state index in [1.165, 1.54) is 29.0 Å². The van der Waals surface area contributed by atoms with Gasteiger partial charge in [0.05, 0.1) is 13.2 Å². The van der Waals surface area contributed by atoms with E-state index in [9.17, 15) is 22.4 Å². The lowest BCUT2D eigenvalue weighted by Crippen LogP contribution is -2.60. The normalized spacial score (nSPS) is 29.7. The topological polar surface area (TPSA) is 119 Å². The average molecular weight is 533 g/mol. The number of carbonyl (C=O) groups is 2. The Morgan fingerprint density at radius 1 is 1.24 bits per heavy atom. The molecule has 2 amide bonds. The molecule has 3 saturated heterocycles. The van der Waals surface area contributed by atoms with Crippen molar-refractivity contribution < 1.29 is 31.9 Å². The number of ether oxygens (including phenoxy) is 2. The van der Waals surface area contributed by atoms with Crippen LogP contribution >= 0.6 is 0 Å². The molecular formula is C25H29FN4O6S. The molecule has 0 spiro atoms. The number of hydrogen-bond donors (Lipinski definition) is 2. The highest BCUT2D eigenvalue weighted by Crippen LogP contribution is 2.49. The molecule has 0 radical (unpaired) electrons. The van der Waals surface area contributed by atoms with Crippen LogP contribution in [0, 0.1) is 24.6 Å². The van der Waals surface area contributed by atoms with Crippen molar-refractivity contribution in [2.75, 3.05) is 31.6 Å². The third-order valence-corrected chi connectivity index (χ3v) is 9.50. The minimum Gasteiger partial charge on any atom is -0.489 e. The number of nitrogens with zero attached hydrogens (tertiary/aromatic N) is 2. The number of aryl methyl sites for hydroxylation is 2. The van der Waals surface area contributed by atoms with Gasteiger partial charge in [0, 0.05) is 44.0 Å². The number of amides is 2. The predicted molar refractivity (Wildman–Crippen MR) is 130 cm³/mol. The molecule has 4 aliphatic heterocycles. The van der Waals surface area contributed by atoms with Gasteiger partial charge in [-0.1, -0.05) is 0 Å². The molecule has 1 saturated carbocycles. The highest BCUT2D eigenvalue weighted by molar-refractivity contribution is 7.89. The third kappa shape index (κ3) is 4.02. The maximum Gasteiger partial charge on any atom is 0.276 e. The number of carbonyl (C=O) groups excluding carboxylic acids is 2. The second-order valence-corrected chi connectivity index (χ2v) is 12.3. The van der Waals surface area contributed by atoms with Crippen LogP contribution in [0.25, 0.3) is 0 Å². The smallest absolute Gasteiger partial charge is 0.276 e. The summed E-state index contributed by atoms with van der Waals surface area (Å²) in [5.41, 5.74) is 0.0587. The fraction of sp³-hybridized carbons (Fsp3) is 0.520. The van der Waals surface area contributed by atoms with Gasteiger partial charge in [0.15, 0.2) is 11.4 Å². The van der Waals surface area contributed by atoms with Crippen molar-refractivity contribution in [2.45, 2.75) is 42.7 Å². The molecule has 0 unspecified atom stereocenters. The molecule has 2 N–H and O–H groups in total. The molecule has 198 valence electrons. The van der Waals surface area contributed by atoms with Gasteiger partial charge in [-0.15, -0.1) is 0 Å². The summed E-state index contributed by atoms with van der Waals surface area (Å²) in [6, 6.07) is 3.77. The fourth-order valence-electron chi connectivity index (χ4n) is 5.99. The van der Waals surface area contributed by atoms with Crippen LogP contribution in [0.3, 0.4) is 0 Å². The van der Waals surface area contributed by atoms with Gasteiger partial charge >= 0.3 is 0 Å². The molecule has 1 aromatic heterocycles. The summed E-state index contributed by atoms with van der Waals surface area (Å²) in [6.07, 6.45) is 3.31. The van der Waals surface area contributed by atoms with Gasteiger partial charge in [0.2, 0.25) is 10.0 Å². The van der Waals surface area contributed by atoms with E-state index in [4.69, 9.17) is 9.47 Å². The van der Waals surface area contributed by atoms with Gasteiger partial charge in [-0.25, -0.2) is 17.5 Å². The average Bonchev–Trinajstić information content (AvgIpc) is 3.53. The van der Waals surface area contributed by atoms with Crippen LogP contribution in [-0.2, 0) is 26.6 Å². The minimum atomic E-state index is -4.00. The maximum absolute atomic E-state index is 13.7. The highest BCUT2D eigenvalue weighted by atomic mass is 32.2. The Hall–Kier alpha value is -2.96. The third-order valence-electron chi connectivity index (χ3n) is 8.01. The first-order valence-electron chi connectivity index (χ1n) is 12.4. The Balaban J connectivity index is 1.25. The Kier molecular flexibility index (Phi) is 5.62. The predicted octanol–water partition coefficient (Wildman–Crippen LogP) is 1.79.